The molecule has 2 N–H and O–H groups in total. The first-order valence-corrected chi connectivity index (χ1v) is 19.3. The first-order chi connectivity index (χ1) is 15.2. The molecule has 0 fully saturated rings. The van der Waals surface area contributed by atoms with Crippen molar-refractivity contribution in [2.75, 3.05) is 19.7 Å². The lowest BCUT2D eigenvalue weighted by Crippen LogP contribution is -2.62. The molecular weight excluding hydrogens is 446 g/mol. The van der Waals surface area contributed by atoms with Crippen LogP contribution in [-0.2, 0) is 9.22 Å². The predicted octanol–water partition coefficient (Wildman–Crippen LogP) is 6.13. The van der Waals surface area contributed by atoms with E-state index in [1.54, 1.807) is 4.90 Å². The van der Waals surface area contributed by atoms with Crippen molar-refractivity contribution in [3.05, 3.63) is 12.7 Å². The number of hydrogen-bond donors (Lipinski definition) is 2. The van der Waals surface area contributed by atoms with Gasteiger partial charge in [0, 0.05) is 18.3 Å². The van der Waals surface area contributed by atoms with Gasteiger partial charge in [0.15, 0.2) is 8.32 Å². The third kappa shape index (κ3) is 8.60. The molecule has 2 unspecified atom stereocenters. The van der Waals surface area contributed by atoms with E-state index in [-0.39, 0.29) is 29.3 Å². The molecule has 0 heterocycles. The van der Waals surface area contributed by atoms with Gasteiger partial charge in [-0.05, 0) is 49.9 Å². The summed E-state index contributed by atoms with van der Waals surface area (Å²) < 4.78 is 7.38. The standard InChI is InChI=1S/C26H55NO4Si2/c1-11-16-20-32(7,8)26(14-4,15-5)31-33(9,10)25(6,13-3)18-17-19-27(24(30)12-2)21-23(29)22-28/h12,23,28-29H,2,11,13-22H2,1,3-10H3. The Balaban J connectivity index is 5.62. The SMILES string of the molecule is C=CC(=O)N(CCCC(C)(CC)[Si](C)(C)OC(CC)(CC)[Si](C)(C)CCCC)CC(O)CO. The minimum absolute atomic E-state index is 0.00436. The van der Waals surface area contributed by atoms with E-state index in [0.29, 0.717) is 6.54 Å². The fraction of sp³-hybridized carbons (Fsp3) is 0.885. The van der Waals surface area contributed by atoms with Gasteiger partial charge < -0.3 is 19.5 Å². The normalized spacial score (nSPS) is 15.7. The molecule has 0 aliphatic rings. The highest BCUT2D eigenvalue weighted by Gasteiger charge is 2.52. The Kier molecular flexibility index (Phi) is 14.0. The van der Waals surface area contributed by atoms with Gasteiger partial charge in [0.2, 0.25) is 5.91 Å². The van der Waals surface area contributed by atoms with Crippen LogP contribution in [0, 0.1) is 0 Å². The quantitative estimate of drug-likeness (QED) is 0.175. The van der Waals surface area contributed by atoms with Crippen LogP contribution in [0.4, 0.5) is 0 Å². The van der Waals surface area contributed by atoms with Gasteiger partial charge in [0.05, 0.1) is 20.8 Å². The van der Waals surface area contributed by atoms with Gasteiger partial charge in [-0.3, -0.25) is 4.79 Å². The maximum atomic E-state index is 12.3. The van der Waals surface area contributed by atoms with Crippen LogP contribution in [0.3, 0.4) is 0 Å². The van der Waals surface area contributed by atoms with Gasteiger partial charge in [-0.25, -0.2) is 0 Å². The number of hydrogen-bond acceptors (Lipinski definition) is 4. The smallest absolute Gasteiger partial charge is 0.246 e. The van der Waals surface area contributed by atoms with Crippen molar-refractivity contribution in [2.45, 2.75) is 128 Å². The van der Waals surface area contributed by atoms with Gasteiger partial charge in [0.25, 0.3) is 0 Å². The van der Waals surface area contributed by atoms with E-state index in [2.05, 4.69) is 67.4 Å². The highest BCUT2D eigenvalue weighted by molar-refractivity contribution is 6.82. The molecule has 0 aromatic heterocycles. The van der Waals surface area contributed by atoms with Crippen LogP contribution in [0.15, 0.2) is 12.7 Å². The lowest BCUT2D eigenvalue weighted by molar-refractivity contribution is -0.127. The second kappa shape index (κ2) is 14.2. The maximum Gasteiger partial charge on any atom is 0.246 e. The summed E-state index contributed by atoms with van der Waals surface area (Å²) in [6.07, 6.45) is 7.87. The van der Waals surface area contributed by atoms with Gasteiger partial charge >= 0.3 is 0 Å². The third-order valence-electron chi connectivity index (χ3n) is 8.50. The van der Waals surface area contributed by atoms with Crippen LogP contribution in [0.25, 0.3) is 0 Å². The molecule has 0 aromatic rings. The summed E-state index contributed by atoms with van der Waals surface area (Å²) in [6.45, 7) is 25.3. The molecule has 2 atom stereocenters. The molecule has 0 radical (unpaired) electrons. The summed E-state index contributed by atoms with van der Waals surface area (Å²) in [5.41, 5.74) is 0. The average molecular weight is 502 g/mol. The van der Waals surface area contributed by atoms with Gasteiger partial charge in [-0.1, -0.05) is 79.6 Å². The van der Waals surface area contributed by atoms with E-state index in [4.69, 9.17) is 4.43 Å². The molecule has 5 nitrogen and oxygen atoms in total. The zero-order valence-corrected chi connectivity index (χ0v) is 25.3. The van der Waals surface area contributed by atoms with Crippen molar-refractivity contribution in [3.8, 4) is 0 Å². The fourth-order valence-corrected chi connectivity index (χ4v) is 13.9. The van der Waals surface area contributed by atoms with E-state index in [0.717, 1.165) is 32.1 Å². The molecule has 0 aliphatic heterocycles. The molecule has 0 saturated carbocycles. The molecule has 0 saturated heterocycles. The minimum atomic E-state index is -2.11. The molecule has 7 heteroatoms. The summed E-state index contributed by atoms with van der Waals surface area (Å²) in [5, 5.41) is 19.1. The molecule has 0 aliphatic carbocycles. The van der Waals surface area contributed by atoms with Crippen molar-refractivity contribution in [1.82, 2.24) is 4.90 Å². The summed E-state index contributed by atoms with van der Waals surface area (Å²) >= 11 is 0. The van der Waals surface area contributed by atoms with Gasteiger partial charge in [-0.15, -0.1) is 0 Å². The molecule has 0 aromatic carbocycles. The average Bonchev–Trinajstić information content (AvgIpc) is 2.79. The molecule has 0 bridgehead atoms. The minimum Gasteiger partial charge on any atom is -0.414 e. The monoisotopic (exact) mass is 501 g/mol. The third-order valence-corrected chi connectivity index (χ3v) is 18.0. The molecule has 0 rings (SSSR count). The number of aliphatic hydroxyl groups excluding tert-OH is 2. The van der Waals surface area contributed by atoms with Crippen molar-refractivity contribution in [2.24, 2.45) is 0 Å². The Morgan fingerprint density at radius 2 is 1.67 bits per heavy atom. The molecule has 1 amide bonds. The highest BCUT2D eigenvalue weighted by atomic mass is 28.4. The van der Waals surface area contributed by atoms with E-state index in [9.17, 15) is 15.0 Å². The number of amides is 1. The van der Waals surface area contributed by atoms with Crippen molar-refractivity contribution in [3.63, 3.8) is 0 Å². The van der Waals surface area contributed by atoms with E-state index in [1.807, 2.05) is 0 Å². The van der Waals surface area contributed by atoms with Crippen LogP contribution in [-0.4, -0.2) is 68.4 Å². The van der Waals surface area contributed by atoms with Crippen molar-refractivity contribution in [1.29, 1.82) is 0 Å². The van der Waals surface area contributed by atoms with Gasteiger partial charge in [0.1, 0.15) is 0 Å². The van der Waals surface area contributed by atoms with Crippen LogP contribution in [0.1, 0.15) is 79.6 Å². The Labute approximate surface area is 207 Å². The second-order valence-electron chi connectivity index (χ2n) is 11.1. The van der Waals surface area contributed by atoms with Crippen molar-refractivity contribution >= 4 is 22.3 Å². The summed E-state index contributed by atoms with van der Waals surface area (Å²) in [4.78, 5) is 13.9. The molecule has 33 heavy (non-hydrogen) atoms. The topological polar surface area (TPSA) is 70.0 Å². The Bertz CT molecular complexity index is 593. The zero-order chi connectivity index (χ0) is 25.9. The Hall–Kier alpha value is -0.476. The second-order valence-corrected chi connectivity index (χ2v) is 20.8. The largest absolute Gasteiger partial charge is 0.414 e. The van der Waals surface area contributed by atoms with Crippen LogP contribution in [0.2, 0.25) is 37.3 Å². The number of carbonyl (C=O) groups is 1. The highest BCUT2D eigenvalue weighted by Crippen LogP contribution is 2.50. The molecule has 196 valence electrons. The van der Waals surface area contributed by atoms with Crippen LogP contribution in [0.5, 0.6) is 0 Å². The van der Waals surface area contributed by atoms with Gasteiger partial charge in [-0.2, -0.15) is 0 Å². The number of rotatable bonds is 18. The summed E-state index contributed by atoms with van der Waals surface area (Å²) in [7, 11) is -3.71. The fourth-order valence-electron chi connectivity index (χ4n) is 5.24. The first-order valence-electron chi connectivity index (χ1n) is 13.2. The molecular formula is C26H55NO4Si2. The van der Waals surface area contributed by atoms with E-state index >= 15 is 0 Å². The number of unbranched alkanes of at least 4 members (excludes halogenated alkanes) is 1. The zero-order valence-electron chi connectivity index (χ0n) is 23.3. The summed E-state index contributed by atoms with van der Waals surface area (Å²) in [5.74, 6) is -0.201. The summed E-state index contributed by atoms with van der Waals surface area (Å²) in [6, 6.07) is 1.31. The first kappa shape index (κ1) is 32.5. The van der Waals surface area contributed by atoms with Crippen LogP contribution < -0.4 is 0 Å². The molecule has 0 spiro atoms. The number of nitrogens with zero attached hydrogens (tertiary/aromatic N) is 1. The van der Waals surface area contributed by atoms with E-state index < -0.39 is 22.5 Å². The number of aliphatic hydroxyl groups is 2. The lowest BCUT2D eigenvalue weighted by Gasteiger charge is -2.53. The Morgan fingerprint density at radius 3 is 2.09 bits per heavy atom. The number of carbonyl (C=O) groups excluding carboxylic acids is 1. The van der Waals surface area contributed by atoms with E-state index in [1.165, 1.54) is 25.0 Å². The predicted molar refractivity (Wildman–Crippen MR) is 147 cm³/mol. The Morgan fingerprint density at radius 1 is 1.09 bits per heavy atom. The maximum absolute atomic E-state index is 12.3. The lowest BCUT2D eigenvalue weighted by atomic mass is 10.0. The van der Waals surface area contributed by atoms with Crippen molar-refractivity contribution < 1.29 is 19.4 Å². The van der Waals surface area contributed by atoms with Crippen LogP contribution >= 0.6 is 0 Å².